The van der Waals surface area contributed by atoms with Gasteiger partial charge in [-0.2, -0.15) is 0 Å². The lowest BCUT2D eigenvalue weighted by atomic mass is 10.4. The minimum Gasteiger partial charge on any atom is -0.416 e. The van der Waals surface area contributed by atoms with Crippen LogP contribution in [-0.2, 0) is 53.5 Å². The highest BCUT2D eigenvalue weighted by atomic mass is 28.6. The number of rotatable bonds is 18. The summed E-state index contributed by atoms with van der Waals surface area (Å²) in [7, 11) is -41.8. The van der Waals surface area contributed by atoms with Gasteiger partial charge >= 0.3 is 71.4 Å². The summed E-state index contributed by atoms with van der Waals surface area (Å²) in [6.45, 7) is 16.9. The van der Waals surface area contributed by atoms with E-state index in [9.17, 15) is 0 Å². The van der Waals surface area contributed by atoms with E-state index in [0.717, 1.165) is 10.4 Å². The first-order chi connectivity index (χ1) is 39.2. The zero-order valence-corrected chi connectivity index (χ0v) is 59.3. The molecular formula is C56H68O13Si12. The lowest BCUT2D eigenvalue weighted by Gasteiger charge is -2.52. The SMILES string of the molecule is C[SiH](C)O[Si]1(c2ccccc2)O[Si](c2ccccc2)O[Si](O[SiH](C)C)(c2ccccc2)O[Si](O[Si]2(c3ccccc3)O[Si](O[SiH](C)C)(c3ccccc3)O[Si](c3ccccc3)O[Si](O[SiH](C)C)(c3ccccc3)O2)(c2ccccc2)O1. The highest BCUT2D eigenvalue weighted by Gasteiger charge is 2.74. The molecule has 10 rings (SSSR count). The lowest BCUT2D eigenvalue weighted by Crippen LogP contribution is -2.85. The van der Waals surface area contributed by atoms with Crippen molar-refractivity contribution in [3.63, 3.8) is 0 Å². The molecule has 2 fully saturated rings. The van der Waals surface area contributed by atoms with Gasteiger partial charge in [0.15, 0.2) is 36.2 Å². The van der Waals surface area contributed by atoms with Crippen molar-refractivity contribution >= 4 is 149 Å². The summed E-state index contributed by atoms with van der Waals surface area (Å²) in [6.07, 6.45) is 0. The largest absolute Gasteiger partial charge is 0.515 e. The van der Waals surface area contributed by atoms with Crippen molar-refractivity contribution in [3.05, 3.63) is 243 Å². The fourth-order valence-electron chi connectivity index (χ4n) is 9.39. The molecule has 2 saturated heterocycles. The minimum atomic E-state index is -5.06. The smallest absolute Gasteiger partial charge is 0.416 e. The van der Waals surface area contributed by atoms with Crippen LogP contribution in [0.25, 0.3) is 0 Å². The first-order valence-corrected chi connectivity index (χ1v) is 51.4. The van der Waals surface area contributed by atoms with E-state index in [0.29, 0.717) is 31.1 Å². The molecule has 4 atom stereocenters. The highest BCUT2D eigenvalue weighted by Crippen LogP contribution is 2.37. The molecule has 0 N–H and O–H groups in total. The van der Waals surface area contributed by atoms with Crippen molar-refractivity contribution in [2.24, 2.45) is 0 Å². The summed E-state index contributed by atoms with van der Waals surface area (Å²) in [5.74, 6) is 0. The summed E-state index contributed by atoms with van der Waals surface area (Å²) in [5.41, 5.74) is 0. The predicted molar refractivity (Wildman–Crippen MR) is 344 cm³/mol. The average Bonchev–Trinajstić information content (AvgIpc) is 3.54. The zero-order chi connectivity index (χ0) is 56.6. The Morgan fingerprint density at radius 3 is 0.605 bits per heavy atom. The summed E-state index contributed by atoms with van der Waals surface area (Å²) < 4.78 is 104. The standard InChI is InChI=1S/C56H68O13Si12/c1-70(2)57-76(51-37-21-11-22-38-51)61-74(49-33-17-9-18-34-49)62-77(58-71(3)4,52-39-23-12-24-40-52)66-80(65-76,55-45-29-15-30-46-55)69-81(56-47-31-16-32-48-56)67-78(59-72(5)6,53-41-25-13-26-42-53)63-75(50-35-19-10-20-36-50)64-79(68-81,60-73(7)8)54-43-27-14-28-44-54/h9-48,70-73H,1-8H3. The van der Waals surface area contributed by atoms with Gasteiger partial charge in [0, 0.05) is 31.1 Å². The van der Waals surface area contributed by atoms with Crippen LogP contribution >= 0.6 is 0 Å². The molecule has 8 aromatic rings. The van der Waals surface area contributed by atoms with E-state index in [1.165, 1.54) is 0 Å². The fourth-order valence-corrected chi connectivity index (χ4v) is 57.0. The van der Waals surface area contributed by atoms with Gasteiger partial charge in [-0.05, 0) is 62.7 Å². The Morgan fingerprint density at radius 2 is 0.420 bits per heavy atom. The molecule has 2 aliphatic heterocycles. The van der Waals surface area contributed by atoms with Crippen LogP contribution in [0, 0.1) is 0 Å². The van der Waals surface area contributed by atoms with E-state index in [4.69, 9.17) is 53.5 Å². The Bertz CT molecular complexity index is 2880. The van der Waals surface area contributed by atoms with E-state index in [1.54, 1.807) is 0 Å². The van der Waals surface area contributed by atoms with Crippen LogP contribution in [0.2, 0.25) is 52.4 Å². The average molecular weight is 1290 g/mol. The van der Waals surface area contributed by atoms with E-state index in [-0.39, 0.29) is 0 Å². The molecule has 2 heterocycles. The fraction of sp³-hybridized carbons (Fsp3) is 0.143. The van der Waals surface area contributed by atoms with Gasteiger partial charge < -0.3 is 53.5 Å². The summed E-state index contributed by atoms with van der Waals surface area (Å²) in [5, 5.41) is 5.54. The van der Waals surface area contributed by atoms with Crippen LogP contribution < -0.4 is 41.5 Å². The van der Waals surface area contributed by atoms with Crippen molar-refractivity contribution in [1.82, 2.24) is 0 Å². The Labute approximate surface area is 494 Å². The Kier molecular flexibility index (Phi) is 19.6. The van der Waals surface area contributed by atoms with Crippen molar-refractivity contribution in [2.45, 2.75) is 52.4 Å². The molecule has 2 aliphatic rings. The van der Waals surface area contributed by atoms with E-state index in [1.807, 2.05) is 243 Å². The van der Waals surface area contributed by atoms with Crippen molar-refractivity contribution < 1.29 is 53.5 Å². The van der Waals surface area contributed by atoms with Gasteiger partial charge in [0.05, 0.1) is 0 Å². The van der Waals surface area contributed by atoms with Crippen LogP contribution in [0.4, 0.5) is 0 Å². The second-order valence-corrected chi connectivity index (χ2v) is 52.4. The van der Waals surface area contributed by atoms with Crippen molar-refractivity contribution in [3.8, 4) is 0 Å². The van der Waals surface area contributed by atoms with Crippen LogP contribution in [-0.4, -0.2) is 108 Å². The number of hydrogen-bond acceptors (Lipinski definition) is 13. The Balaban J connectivity index is 1.36. The summed E-state index contributed by atoms with van der Waals surface area (Å²) >= 11 is 0. The van der Waals surface area contributed by atoms with Gasteiger partial charge in [-0.1, -0.05) is 243 Å². The number of benzene rings is 8. The molecule has 418 valence electrons. The van der Waals surface area contributed by atoms with Gasteiger partial charge in [-0.15, -0.1) is 0 Å². The van der Waals surface area contributed by atoms with Crippen molar-refractivity contribution in [2.75, 3.05) is 0 Å². The third kappa shape index (κ3) is 13.7. The van der Waals surface area contributed by atoms with Crippen LogP contribution in [0.5, 0.6) is 0 Å². The maximum atomic E-state index is 8.64. The third-order valence-electron chi connectivity index (χ3n) is 12.6. The molecule has 0 aliphatic carbocycles. The molecule has 0 bridgehead atoms. The van der Waals surface area contributed by atoms with Crippen LogP contribution in [0.1, 0.15) is 0 Å². The Hall–Kier alpha value is -4.16. The van der Waals surface area contributed by atoms with Gasteiger partial charge in [-0.3, -0.25) is 0 Å². The molecule has 0 amide bonds. The molecule has 0 aromatic heterocycles. The molecule has 0 spiro atoms. The molecule has 81 heavy (non-hydrogen) atoms. The molecule has 4 unspecified atom stereocenters. The van der Waals surface area contributed by atoms with Gasteiger partial charge in [0.1, 0.15) is 0 Å². The maximum absolute atomic E-state index is 8.64. The topological polar surface area (TPSA) is 120 Å². The summed E-state index contributed by atoms with van der Waals surface area (Å²) in [4.78, 5) is 0. The predicted octanol–water partition coefficient (Wildman–Crippen LogP) is 5.03. The second-order valence-electron chi connectivity index (χ2n) is 20.4. The quantitative estimate of drug-likeness (QED) is 0.107. The van der Waals surface area contributed by atoms with Crippen molar-refractivity contribution in [1.29, 1.82) is 0 Å². The highest BCUT2D eigenvalue weighted by molar-refractivity contribution is 7.06. The van der Waals surface area contributed by atoms with Gasteiger partial charge in [-0.25, -0.2) is 0 Å². The number of hydrogen-bond donors (Lipinski definition) is 0. The lowest BCUT2D eigenvalue weighted by molar-refractivity contribution is 0.0969. The normalized spacial score (nSPS) is 26.0. The van der Waals surface area contributed by atoms with E-state index < -0.39 is 108 Å². The molecule has 8 aromatic carbocycles. The van der Waals surface area contributed by atoms with E-state index >= 15 is 0 Å². The monoisotopic (exact) mass is 1280 g/mol. The van der Waals surface area contributed by atoms with Gasteiger partial charge in [0.2, 0.25) is 0 Å². The van der Waals surface area contributed by atoms with Crippen LogP contribution in [0.15, 0.2) is 243 Å². The molecular weight excluding hydrogens is 1220 g/mol. The maximum Gasteiger partial charge on any atom is 0.515 e. The van der Waals surface area contributed by atoms with Gasteiger partial charge in [0.25, 0.3) is 0 Å². The zero-order valence-electron chi connectivity index (χ0n) is 46.7. The summed E-state index contributed by atoms with van der Waals surface area (Å²) in [6, 6.07) is 79.4. The van der Waals surface area contributed by atoms with E-state index in [2.05, 4.69) is 52.4 Å². The molecule has 0 saturated carbocycles. The second kappa shape index (κ2) is 26.4. The minimum absolute atomic E-state index is 0.557. The first-order valence-electron chi connectivity index (χ1n) is 27.3. The molecule has 13 nitrogen and oxygen atoms in total. The van der Waals surface area contributed by atoms with Crippen LogP contribution in [0.3, 0.4) is 0 Å². The molecule has 2 radical (unpaired) electrons. The molecule has 25 heteroatoms. The third-order valence-corrected chi connectivity index (χ3v) is 51.0. The first kappa shape index (κ1) is 60.0. The Morgan fingerprint density at radius 1 is 0.247 bits per heavy atom.